The highest BCUT2D eigenvalue weighted by molar-refractivity contribution is 6.69. The maximum Gasteiger partial charge on any atom is 0.308 e. The van der Waals surface area contributed by atoms with Crippen LogP contribution in [0.1, 0.15) is 120 Å². The smallest absolute Gasteiger partial charge is 0.308 e. The van der Waals surface area contributed by atoms with Crippen LogP contribution in [-0.2, 0) is 30.5 Å². The summed E-state index contributed by atoms with van der Waals surface area (Å²) in [5, 5.41) is 43.3. The zero-order valence-electron chi connectivity index (χ0n) is 41.5. The number of aryl methyl sites for hydroxylation is 2. The van der Waals surface area contributed by atoms with Gasteiger partial charge in [0, 0.05) is 6.92 Å². The zero-order chi connectivity index (χ0) is 47.8. The fourth-order valence-electron chi connectivity index (χ4n) is 18.8. The van der Waals surface area contributed by atoms with Gasteiger partial charge in [0.2, 0.25) is 0 Å². The summed E-state index contributed by atoms with van der Waals surface area (Å²) in [7, 11) is 0. The molecular weight excluding hydrogens is 897 g/mol. The summed E-state index contributed by atoms with van der Waals surface area (Å²) in [4.78, 5) is 11.7. The second kappa shape index (κ2) is 11.9. The van der Waals surface area contributed by atoms with Crippen molar-refractivity contribution in [1.29, 1.82) is 0 Å². The molecule has 0 bridgehead atoms. The molecule has 21 rings (SSSR count). The van der Waals surface area contributed by atoms with E-state index in [4.69, 9.17) is 4.74 Å². The zero-order valence-corrected chi connectivity index (χ0v) is 41.5. The van der Waals surface area contributed by atoms with Crippen molar-refractivity contribution in [1.82, 2.24) is 0 Å². The lowest BCUT2D eigenvalue weighted by Gasteiger charge is -2.38. The number of hydrogen-bond donors (Lipinski definition) is 0. The highest BCUT2D eigenvalue weighted by atomic mass is 16.5. The summed E-state index contributed by atoms with van der Waals surface area (Å²) in [6.07, 6.45) is 7.90. The van der Waals surface area contributed by atoms with E-state index >= 15 is 0 Å². The molecule has 18 aromatic rings. The van der Waals surface area contributed by atoms with Gasteiger partial charge in [0.1, 0.15) is 5.75 Å². The van der Waals surface area contributed by atoms with Crippen LogP contribution in [0.4, 0.5) is 0 Å². The molecular formula is C72H46O2. The van der Waals surface area contributed by atoms with Crippen molar-refractivity contribution in [3.05, 3.63) is 159 Å². The fraction of sp³-hybridized carbons (Fsp3) is 0.208. The third kappa shape index (κ3) is 3.82. The Hall–Kier alpha value is -7.81. The molecule has 0 spiro atoms. The number of esters is 1. The lowest BCUT2D eigenvalue weighted by molar-refractivity contribution is -0.131. The second-order valence-electron chi connectivity index (χ2n) is 24.5. The molecule has 0 aliphatic heterocycles. The Morgan fingerprint density at radius 1 is 0.419 bits per heavy atom. The Balaban J connectivity index is 0.770. The molecule has 0 fully saturated rings. The summed E-state index contributed by atoms with van der Waals surface area (Å²) < 4.78 is 5.42. The molecule has 0 saturated heterocycles. The van der Waals surface area contributed by atoms with Crippen LogP contribution in [0.25, 0.3) is 151 Å². The molecule has 0 N–H and O–H groups in total. The fourth-order valence-corrected chi connectivity index (χ4v) is 18.8. The van der Waals surface area contributed by atoms with Crippen molar-refractivity contribution in [2.45, 2.75) is 95.3 Å². The molecule has 2 nitrogen and oxygen atoms in total. The average molecular weight is 943 g/mol. The quantitative estimate of drug-likeness (QED) is 0.0819. The van der Waals surface area contributed by atoms with Crippen LogP contribution >= 0.6 is 0 Å². The lowest BCUT2D eigenvalue weighted by Crippen LogP contribution is -2.24. The van der Waals surface area contributed by atoms with Crippen LogP contribution in [-0.4, -0.2) is 5.97 Å². The monoisotopic (exact) mass is 942 g/mol. The molecule has 0 amide bonds. The second-order valence-corrected chi connectivity index (χ2v) is 24.5. The Kier molecular flexibility index (Phi) is 6.09. The molecule has 0 heterocycles. The van der Waals surface area contributed by atoms with Gasteiger partial charge >= 0.3 is 5.97 Å². The van der Waals surface area contributed by atoms with E-state index in [9.17, 15) is 4.79 Å². The third-order valence-electron chi connectivity index (χ3n) is 21.6. The maximum absolute atomic E-state index is 11.7. The van der Waals surface area contributed by atoms with Crippen LogP contribution in [0.15, 0.2) is 109 Å². The van der Waals surface area contributed by atoms with E-state index in [2.05, 4.69) is 111 Å². The van der Waals surface area contributed by atoms with Crippen LogP contribution in [0.2, 0.25) is 0 Å². The van der Waals surface area contributed by atoms with Gasteiger partial charge in [-0.3, -0.25) is 4.79 Å². The molecule has 18 aromatic carbocycles. The number of carbonyl (C=O) groups is 1. The van der Waals surface area contributed by atoms with Crippen molar-refractivity contribution in [3.8, 4) is 5.75 Å². The van der Waals surface area contributed by atoms with Gasteiger partial charge in [-0.2, -0.15) is 0 Å². The largest absolute Gasteiger partial charge is 0.427 e. The number of hydrogen-bond acceptors (Lipinski definition) is 2. The molecule has 5 atom stereocenters. The van der Waals surface area contributed by atoms with Crippen LogP contribution in [0.3, 0.4) is 0 Å². The first-order valence-electron chi connectivity index (χ1n) is 27.9. The summed E-state index contributed by atoms with van der Waals surface area (Å²) in [6.45, 7) is 6.28. The molecule has 3 aliphatic rings. The minimum Gasteiger partial charge on any atom is -0.427 e. The summed E-state index contributed by atoms with van der Waals surface area (Å²) in [5.41, 5.74) is 13.9. The highest BCUT2D eigenvalue weighted by Gasteiger charge is 2.46. The van der Waals surface area contributed by atoms with Crippen molar-refractivity contribution in [2.24, 2.45) is 0 Å². The van der Waals surface area contributed by atoms with E-state index in [1.165, 1.54) is 95.9 Å². The number of benzene rings is 12. The topological polar surface area (TPSA) is 26.3 Å². The number of fused-ring (bicyclic) bond motifs is 10. The van der Waals surface area contributed by atoms with Gasteiger partial charge in [-0.15, -0.1) is 0 Å². The molecule has 0 saturated carbocycles. The Bertz CT molecular complexity index is 5380. The van der Waals surface area contributed by atoms with E-state index in [-0.39, 0.29) is 5.97 Å². The normalized spacial score (nSPS) is 18.6. The number of rotatable bonds is 9. The van der Waals surface area contributed by atoms with Crippen molar-refractivity contribution in [3.63, 3.8) is 0 Å². The Morgan fingerprint density at radius 2 is 0.811 bits per heavy atom. The lowest BCUT2D eigenvalue weighted by atomic mass is 9.65. The first-order valence-corrected chi connectivity index (χ1v) is 27.9. The number of ether oxygens (including phenoxy) is 1. The maximum atomic E-state index is 11.7. The Labute approximate surface area is 424 Å². The van der Waals surface area contributed by atoms with Crippen LogP contribution in [0.5, 0.6) is 5.75 Å². The van der Waals surface area contributed by atoms with Gasteiger partial charge < -0.3 is 4.74 Å². The number of carbonyl (C=O) groups excluding carboxylic acids is 1. The summed E-state index contributed by atoms with van der Waals surface area (Å²) in [6, 6.07) is 43.8. The minimum absolute atomic E-state index is 0.278. The standard InChI is InChI=1S/C72H46O2/c1-4-31(24-38(36-8-6-33-5-7-35(33)25-36)23-29(2)32-11-13-40(14-12-32)74-30(3)73)34-9-10-37-27-49-50(28-39(37)26-34)52-48-22-20-46-44-18-16-42-41-15-17-43-45-19-21-47-51(49)61-62(52)67-60(48)58(46)65-56(44)54(42)63-53(41)55(43)64-57(45)59(47)66(61)71-69(64)68(63)70(65)72(67)71/h6,8-22,25-26,29,31,38,49-50H,4-5,7,23-24,27-28H2,1-3H3. The average Bonchev–Trinajstić information content (AvgIpc) is 4.21. The SMILES string of the molecule is CCC(CC(CC(C)c1ccc(OC(C)=O)cc1)c1ccc2c(c1)CC2)c1ccc2c(c1)CC1c3c4ccc5c6ccc7c8ccc9c%10ccc%11c(c%12c3c3c4c5c4c6c7c5c8c9c6c%10c%11c%12c7c3c4c5c67)C1C2. The van der Waals surface area contributed by atoms with E-state index < -0.39 is 0 Å². The predicted molar refractivity (Wildman–Crippen MR) is 310 cm³/mol. The van der Waals surface area contributed by atoms with E-state index in [0.717, 1.165) is 32.1 Å². The molecule has 5 unspecified atom stereocenters. The van der Waals surface area contributed by atoms with Gasteiger partial charge in [-0.05, 0) is 288 Å². The van der Waals surface area contributed by atoms with E-state index in [0.29, 0.717) is 35.3 Å². The van der Waals surface area contributed by atoms with E-state index in [1.54, 1.807) is 125 Å². The van der Waals surface area contributed by atoms with Crippen molar-refractivity contribution < 1.29 is 9.53 Å². The van der Waals surface area contributed by atoms with Crippen LogP contribution < -0.4 is 4.74 Å². The molecule has 74 heavy (non-hydrogen) atoms. The molecule has 2 heteroatoms. The van der Waals surface area contributed by atoms with Gasteiger partial charge in [0.05, 0.1) is 0 Å². The van der Waals surface area contributed by atoms with E-state index in [1.807, 2.05) is 12.1 Å². The molecule has 3 aliphatic carbocycles. The summed E-state index contributed by atoms with van der Waals surface area (Å²) >= 11 is 0. The van der Waals surface area contributed by atoms with Gasteiger partial charge in [-0.25, -0.2) is 0 Å². The van der Waals surface area contributed by atoms with Crippen molar-refractivity contribution >= 4 is 157 Å². The van der Waals surface area contributed by atoms with Crippen LogP contribution in [0, 0.1) is 0 Å². The minimum atomic E-state index is -0.278. The van der Waals surface area contributed by atoms with Gasteiger partial charge in [0.25, 0.3) is 0 Å². The molecule has 0 radical (unpaired) electrons. The Morgan fingerprint density at radius 3 is 1.27 bits per heavy atom. The predicted octanol–water partition coefficient (Wildman–Crippen LogP) is 18.9. The third-order valence-corrected chi connectivity index (χ3v) is 21.6. The molecule has 0 aromatic heterocycles. The summed E-state index contributed by atoms with van der Waals surface area (Å²) in [5.74, 6) is 2.40. The van der Waals surface area contributed by atoms with Crippen molar-refractivity contribution in [2.75, 3.05) is 0 Å². The van der Waals surface area contributed by atoms with Gasteiger partial charge in [-0.1, -0.05) is 111 Å². The highest BCUT2D eigenvalue weighted by Crippen LogP contribution is 2.70. The molecule has 346 valence electrons. The van der Waals surface area contributed by atoms with Gasteiger partial charge in [0.15, 0.2) is 0 Å². The first-order chi connectivity index (χ1) is 36.4. The first kappa shape index (κ1) is 37.9.